The summed E-state index contributed by atoms with van der Waals surface area (Å²) in [5.74, 6) is 1.05. The van der Waals surface area contributed by atoms with Crippen LogP contribution in [-0.2, 0) is 5.41 Å². The molecule has 4 nitrogen and oxygen atoms in total. The molecule has 14 rings (SSSR count). The molecular weight excluding hydrogens is 729 g/mol. The molecule has 2 aliphatic rings. The van der Waals surface area contributed by atoms with E-state index in [1.54, 1.807) is 0 Å². The van der Waals surface area contributed by atoms with E-state index in [2.05, 4.69) is 220 Å². The zero-order valence-electron chi connectivity index (χ0n) is 32.4. The number of imidazole rings is 1. The second kappa shape index (κ2) is 11.6. The smallest absolute Gasteiger partial charge is 0.134 e. The van der Waals surface area contributed by atoms with Crippen molar-refractivity contribution in [2.24, 2.45) is 0 Å². The number of rotatable bonds is 3. The maximum absolute atomic E-state index is 5.64. The predicted octanol–water partition coefficient (Wildman–Crippen LogP) is 13.6. The predicted molar refractivity (Wildman–Crippen MR) is 246 cm³/mol. The van der Waals surface area contributed by atoms with Gasteiger partial charge >= 0.3 is 0 Å². The number of nitrogens with zero attached hydrogens (tertiary/aromatic N) is 4. The van der Waals surface area contributed by atoms with Gasteiger partial charge < -0.3 is 9.13 Å². The van der Waals surface area contributed by atoms with Crippen LogP contribution in [0.25, 0.3) is 94.0 Å². The lowest BCUT2D eigenvalue weighted by Crippen LogP contribution is -2.27. The van der Waals surface area contributed by atoms with Crippen LogP contribution < -0.4 is 0 Å². The summed E-state index contributed by atoms with van der Waals surface area (Å²) < 4.78 is 7.31. The number of benzene rings is 9. The summed E-state index contributed by atoms with van der Waals surface area (Å²) in [5.41, 5.74) is 18.6. The molecule has 1 aliphatic heterocycles. The molecule has 60 heavy (non-hydrogen) atoms. The minimum absolute atomic E-state index is 0.524. The Morgan fingerprint density at radius 2 is 0.867 bits per heavy atom. The Morgan fingerprint density at radius 1 is 0.350 bits per heavy atom. The molecule has 0 saturated heterocycles. The summed E-state index contributed by atoms with van der Waals surface area (Å²) in [6.45, 7) is 0. The van der Waals surface area contributed by atoms with Crippen molar-refractivity contribution in [1.82, 2.24) is 18.7 Å². The van der Waals surface area contributed by atoms with Gasteiger partial charge in [0.05, 0.1) is 44.5 Å². The first kappa shape index (κ1) is 32.1. The number of aromatic nitrogens is 4. The quantitative estimate of drug-likeness (QED) is 0.176. The van der Waals surface area contributed by atoms with E-state index in [0.717, 1.165) is 22.5 Å². The topological polar surface area (TPSA) is 27.7 Å². The lowest BCUT2D eigenvalue weighted by Gasteiger charge is -2.27. The van der Waals surface area contributed by atoms with Crippen molar-refractivity contribution in [3.05, 3.63) is 229 Å². The maximum Gasteiger partial charge on any atom is 0.134 e. The maximum atomic E-state index is 5.64. The van der Waals surface area contributed by atoms with E-state index in [1.807, 2.05) is 0 Å². The highest BCUT2D eigenvalue weighted by molar-refractivity contribution is 6.13. The first-order valence-corrected chi connectivity index (χ1v) is 20.7. The first-order chi connectivity index (χ1) is 29.8. The van der Waals surface area contributed by atoms with Crippen LogP contribution in [0.4, 0.5) is 0 Å². The molecule has 0 bridgehead atoms. The van der Waals surface area contributed by atoms with Gasteiger partial charge in [-0.2, -0.15) is 0 Å². The first-order valence-electron chi connectivity index (χ1n) is 20.7. The van der Waals surface area contributed by atoms with Crippen LogP contribution in [0.5, 0.6) is 0 Å². The minimum atomic E-state index is -0.524. The van der Waals surface area contributed by atoms with Crippen molar-refractivity contribution >= 4 is 54.6 Å². The molecule has 9 aromatic carbocycles. The fourth-order valence-electron chi connectivity index (χ4n) is 11.1. The van der Waals surface area contributed by atoms with Gasteiger partial charge in [-0.25, -0.2) is 4.98 Å². The average molecular weight is 763 g/mol. The van der Waals surface area contributed by atoms with Crippen LogP contribution in [0.1, 0.15) is 22.5 Å². The van der Waals surface area contributed by atoms with Gasteiger partial charge in [-0.15, -0.1) is 0 Å². The van der Waals surface area contributed by atoms with Gasteiger partial charge in [0.2, 0.25) is 0 Å². The molecule has 0 radical (unpaired) electrons. The highest BCUT2D eigenvalue weighted by Crippen LogP contribution is 2.60. The molecule has 0 N–H and O–H groups in total. The molecule has 4 heterocycles. The molecule has 0 fully saturated rings. The zero-order chi connectivity index (χ0) is 39.1. The van der Waals surface area contributed by atoms with Gasteiger partial charge in [-0.05, 0) is 106 Å². The average Bonchev–Trinajstić information content (AvgIpc) is 4.09. The lowest BCUT2D eigenvalue weighted by atomic mass is 9.73. The Morgan fingerprint density at radius 3 is 1.55 bits per heavy atom. The van der Waals surface area contributed by atoms with Crippen molar-refractivity contribution in [3.8, 4) is 39.3 Å². The second-order valence-corrected chi connectivity index (χ2v) is 16.3. The van der Waals surface area contributed by atoms with E-state index >= 15 is 0 Å². The van der Waals surface area contributed by atoms with Crippen LogP contribution >= 0.6 is 0 Å². The minimum Gasteiger partial charge on any atom is -0.309 e. The molecule has 0 amide bonds. The highest BCUT2D eigenvalue weighted by Gasteiger charge is 2.54. The summed E-state index contributed by atoms with van der Waals surface area (Å²) in [4.78, 5) is 5.64. The molecule has 1 spiro atoms. The molecule has 278 valence electrons. The van der Waals surface area contributed by atoms with Gasteiger partial charge in [-0.3, -0.25) is 4.57 Å². The molecule has 1 aliphatic carbocycles. The Bertz CT molecular complexity index is 3740. The van der Waals surface area contributed by atoms with Gasteiger partial charge in [0.15, 0.2) is 0 Å². The molecule has 0 unspecified atom stereocenters. The molecule has 0 saturated carbocycles. The molecule has 3 aromatic heterocycles. The standard InChI is InChI=1S/C56H34N4/c1-2-15-37(16-3-1)58-48-25-11-6-19-40(48)42-33-35(29-31-50(42)58)36-30-32-51-43(34-36)41-20-7-12-26-49(41)59(51)53-28-14-24-47-54(53)60-52-27-13-10-23-46(52)56(55(60)57-47)44-21-8-4-17-38(44)39-18-5-9-22-45(39)56/h1-34H. The third-order valence-electron chi connectivity index (χ3n) is 13.4. The van der Waals surface area contributed by atoms with Crippen molar-refractivity contribution in [2.75, 3.05) is 0 Å². The van der Waals surface area contributed by atoms with Gasteiger partial charge in [0, 0.05) is 27.2 Å². The normalized spacial score (nSPS) is 13.5. The third-order valence-corrected chi connectivity index (χ3v) is 13.4. The van der Waals surface area contributed by atoms with E-state index < -0.39 is 5.41 Å². The highest BCUT2D eigenvalue weighted by atomic mass is 15.2. The van der Waals surface area contributed by atoms with E-state index in [0.29, 0.717) is 0 Å². The van der Waals surface area contributed by atoms with Gasteiger partial charge in [-0.1, -0.05) is 140 Å². The zero-order valence-corrected chi connectivity index (χ0v) is 32.4. The summed E-state index contributed by atoms with van der Waals surface area (Å²) in [5, 5.41) is 4.96. The number of fused-ring (bicyclic) bond motifs is 18. The van der Waals surface area contributed by atoms with E-state index in [1.165, 1.54) is 93.9 Å². The summed E-state index contributed by atoms with van der Waals surface area (Å²) in [6, 6.07) is 75.7. The van der Waals surface area contributed by atoms with E-state index in [9.17, 15) is 0 Å². The fourth-order valence-corrected chi connectivity index (χ4v) is 11.1. The summed E-state index contributed by atoms with van der Waals surface area (Å²) >= 11 is 0. The monoisotopic (exact) mass is 762 g/mol. The van der Waals surface area contributed by atoms with Crippen molar-refractivity contribution in [3.63, 3.8) is 0 Å². The van der Waals surface area contributed by atoms with Gasteiger partial charge in [0.25, 0.3) is 0 Å². The molecule has 12 aromatic rings. The van der Waals surface area contributed by atoms with Gasteiger partial charge in [0.1, 0.15) is 11.2 Å². The molecule has 4 heteroatoms. The van der Waals surface area contributed by atoms with Crippen molar-refractivity contribution in [2.45, 2.75) is 5.41 Å². The largest absolute Gasteiger partial charge is 0.309 e. The van der Waals surface area contributed by atoms with Crippen LogP contribution in [0.3, 0.4) is 0 Å². The lowest BCUT2D eigenvalue weighted by molar-refractivity contribution is 0.738. The van der Waals surface area contributed by atoms with Crippen LogP contribution in [0.15, 0.2) is 206 Å². The third kappa shape index (κ3) is 3.93. The Balaban J connectivity index is 1.00. The molecular formula is C56H34N4. The van der Waals surface area contributed by atoms with Crippen LogP contribution in [0.2, 0.25) is 0 Å². The number of para-hydroxylation sites is 5. The second-order valence-electron chi connectivity index (χ2n) is 16.3. The molecule has 0 atom stereocenters. The Labute approximate surface area is 345 Å². The van der Waals surface area contributed by atoms with Crippen LogP contribution in [-0.4, -0.2) is 18.7 Å². The van der Waals surface area contributed by atoms with Crippen molar-refractivity contribution < 1.29 is 0 Å². The summed E-state index contributed by atoms with van der Waals surface area (Å²) in [6.07, 6.45) is 0. The Hall–Kier alpha value is -7.95. The number of hydrogen-bond donors (Lipinski definition) is 0. The fraction of sp³-hybridized carbons (Fsp3) is 0.0179. The van der Waals surface area contributed by atoms with Crippen molar-refractivity contribution in [1.29, 1.82) is 0 Å². The van der Waals surface area contributed by atoms with E-state index in [4.69, 9.17) is 4.98 Å². The van der Waals surface area contributed by atoms with E-state index in [-0.39, 0.29) is 0 Å². The number of hydrogen-bond acceptors (Lipinski definition) is 1. The summed E-state index contributed by atoms with van der Waals surface area (Å²) in [7, 11) is 0. The SMILES string of the molecule is c1ccc(-n2c3ccccc3c3cc(-c4ccc5c(c4)c4ccccc4n5-c4cccc5nc6n(c45)-c4ccccc4C64c5ccccc5-c5ccccc54)ccc32)cc1. The Kier molecular flexibility index (Phi) is 6.19. The van der Waals surface area contributed by atoms with Crippen LogP contribution in [0, 0.1) is 0 Å².